The minimum Gasteiger partial charge on any atom is -0.393 e. The third-order valence-electron chi connectivity index (χ3n) is 3.30. The third kappa shape index (κ3) is 13.9. The Morgan fingerprint density at radius 1 is 0.706 bits per heavy atom. The maximum absolute atomic E-state index is 9.65. The molecule has 0 heterocycles. The van der Waals surface area contributed by atoms with Crippen molar-refractivity contribution in [3.05, 3.63) is 0 Å². The summed E-state index contributed by atoms with van der Waals surface area (Å²) in [5.41, 5.74) is 0. The zero-order chi connectivity index (χ0) is 12.9. The molecule has 0 amide bonds. The molecule has 2 N–H and O–H groups in total. The van der Waals surface area contributed by atoms with Gasteiger partial charge in [0.25, 0.3) is 0 Å². The van der Waals surface area contributed by atoms with Gasteiger partial charge >= 0.3 is 0 Å². The van der Waals surface area contributed by atoms with E-state index >= 15 is 0 Å². The topological polar surface area (TPSA) is 40.5 Å². The van der Waals surface area contributed by atoms with Crippen molar-refractivity contribution in [2.75, 3.05) is 0 Å². The van der Waals surface area contributed by atoms with Gasteiger partial charge in [0.05, 0.1) is 12.2 Å². The first-order chi connectivity index (χ1) is 8.16. The van der Waals surface area contributed by atoms with Crippen LogP contribution in [0.15, 0.2) is 0 Å². The summed E-state index contributed by atoms with van der Waals surface area (Å²) in [6, 6.07) is 0. The van der Waals surface area contributed by atoms with Crippen molar-refractivity contribution in [2.45, 2.75) is 96.7 Å². The Morgan fingerprint density at radius 3 is 1.71 bits per heavy atom. The van der Waals surface area contributed by atoms with Gasteiger partial charge in [0.2, 0.25) is 0 Å². The van der Waals surface area contributed by atoms with Crippen molar-refractivity contribution < 1.29 is 10.2 Å². The minimum atomic E-state index is -0.135. The van der Waals surface area contributed by atoms with Gasteiger partial charge in [0.1, 0.15) is 0 Å². The van der Waals surface area contributed by atoms with Gasteiger partial charge in [-0.05, 0) is 26.2 Å². The number of aliphatic hydroxyl groups is 2. The fourth-order valence-electron chi connectivity index (χ4n) is 2.11. The summed E-state index contributed by atoms with van der Waals surface area (Å²) >= 11 is 0. The maximum Gasteiger partial charge on any atom is 0.0540 e. The fourth-order valence-corrected chi connectivity index (χ4v) is 2.11. The second kappa shape index (κ2) is 12.4. The van der Waals surface area contributed by atoms with E-state index in [4.69, 9.17) is 5.11 Å². The van der Waals surface area contributed by atoms with Crippen LogP contribution in [-0.4, -0.2) is 22.4 Å². The van der Waals surface area contributed by atoms with E-state index in [1.165, 1.54) is 38.5 Å². The number of rotatable bonds is 12. The van der Waals surface area contributed by atoms with Crippen LogP contribution in [0.25, 0.3) is 0 Å². The lowest BCUT2D eigenvalue weighted by Gasteiger charge is -2.09. The van der Waals surface area contributed by atoms with Crippen LogP contribution in [0.2, 0.25) is 0 Å². The monoisotopic (exact) mass is 244 g/mol. The second-order valence-electron chi connectivity index (χ2n) is 5.34. The molecule has 0 radical (unpaired) electrons. The van der Waals surface area contributed by atoms with E-state index in [-0.39, 0.29) is 12.2 Å². The third-order valence-corrected chi connectivity index (χ3v) is 3.30. The molecule has 0 aliphatic rings. The number of hydrogen-bond acceptors (Lipinski definition) is 2. The molecule has 0 aliphatic carbocycles. The minimum absolute atomic E-state index is 0.0646. The Hall–Kier alpha value is -0.0800. The van der Waals surface area contributed by atoms with Crippen molar-refractivity contribution in [2.24, 2.45) is 0 Å². The standard InChI is InChI=1S/C15H32O2/c1-3-4-12-15(17)13-10-8-6-5-7-9-11-14(2)16/h14-17H,3-13H2,1-2H3. The SMILES string of the molecule is CCCCC(O)CCCCCCCCC(C)O. The van der Waals surface area contributed by atoms with Crippen LogP contribution in [0.1, 0.15) is 84.5 Å². The van der Waals surface area contributed by atoms with E-state index in [9.17, 15) is 5.11 Å². The fraction of sp³-hybridized carbons (Fsp3) is 1.00. The van der Waals surface area contributed by atoms with E-state index < -0.39 is 0 Å². The Morgan fingerprint density at radius 2 is 1.18 bits per heavy atom. The van der Waals surface area contributed by atoms with Crippen LogP contribution in [0, 0.1) is 0 Å². The largest absolute Gasteiger partial charge is 0.393 e. The first kappa shape index (κ1) is 16.9. The number of aliphatic hydroxyl groups excluding tert-OH is 2. The smallest absolute Gasteiger partial charge is 0.0540 e. The normalized spacial score (nSPS) is 14.8. The zero-order valence-electron chi connectivity index (χ0n) is 11.8. The van der Waals surface area contributed by atoms with Gasteiger partial charge in [-0.15, -0.1) is 0 Å². The molecule has 2 unspecified atom stereocenters. The Kier molecular flexibility index (Phi) is 12.3. The molecule has 0 saturated heterocycles. The molecule has 0 bridgehead atoms. The summed E-state index contributed by atoms with van der Waals surface area (Å²) in [6.45, 7) is 4.03. The predicted octanol–water partition coefficient (Wildman–Crippen LogP) is 4.04. The molecule has 0 aromatic heterocycles. The maximum atomic E-state index is 9.65. The highest BCUT2D eigenvalue weighted by Crippen LogP contribution is 2.12. The molecule has 2 heteroatoms. The van der Waals surface area contributed by atoms with Crippen molar-refractivity contribution in [3.8, 4) is 0 Å². The summed E-state index contributed by atoms with van der Waals surface area (Å²) in [5, 5.41) is 18.8. The highest BCUT2D eigenvalue weighted by molar-refractivity contribution is 4.56. The zero-order valence-corrected chi connectivity index (χ0v) is 11.8. The summed E-state index contributed by atoms with van der Waals surface area (Å²) < 4.78 is 0. The lowest BCUT2D eigenvalue weighted by molar-refractivity contribution is 0.148. The summed E-state index contributed by atoms with van der Waals surface area (Å²) in [7, 11) is 0. The van der Waals surface area contributed by atoms with Crippen molar-refractivity contribution >= 4 is 0 Å². The molecule has 104 valence electrons. The highest BCUT2D eigenvalue weighted by atomic mass is 16.3. The predicted molar refractivity (Wildman–Crippen MR) is 74.1 cm³/mol. The van der Waals surface area contributed by atoms with Crippen LogP contribution in [0.4, 0.5) is 0 Å². The quantitative estimate of drug-likeness (QED) is 0.509. The van der Waals surface area contributed by atoms with Gasteiger partial charge in [-0.2, -0.15) is 0 Å². The molecule has 0 spiro atoms. The van der Waals surface area contributed by atoms with Crippen LogP contribution in [-0.2, 0) is 0 Å². The Bertz CT molecular complexity index is 146. The molecule has 2 nitrogen and oxygen atoms in total. The van der Waals surface area contributed by atoms with Gasteiger partial charge in [-0.25, -0.2) is 0 Å². The molecular weight excluding hydrogens is 212 g/mol. The molecule has 0 aromatic carbocycles. The Labute approximate surface area is 107 Å². The van der Waals surface area contributed by atoms with Gasteiger partial charge in [0, 0.05) is 0 Å². The van der Waals surface area contributed by atoms with E-state index in [1.54, 1.807) is 0 Å². The molecule has 0 aromatic rings. The number of hydrogen-bond donors (Lipinski definition) is 2. The average Bonchev–Trinajstić information content (AvgIpc) is 2.29. The van der Waals surface area contributed by atoms with Crippen LogP contribution in [0.3, 0.4) is 0 Å². The molecule has 0 rings (SSSR count). The first-order valence-corrected chi connectivity index (χ1v) is 7.53. The number of unbranched alkanes of at least 4 members (excludes halogenated alkanes) is 6. The molecular formula is C15H32O2. The summed E-state index contributed by atoms with van der Waals surface area (Å²) in [4.78, 5) is 0. The van der Waals surface area contributed by atoms with Gasteiger partial charge < -0.3 is 10.2 Å². The molecule has 0 saturated carbocycles. The van der Waals surface area contributed by atoms with Crippen LogP contribution < -0.4 is 0 Å². The first-order valence-electron chi connectivity index (χ1n) is 7.53. The average molecular weight is 244 g/mol. The van der Waals surface area contributed by atoms with E-state index in [2.05, 4.69) is 6.92 Å². The highest BCUT2D eigenvalue weighted by Gasteiger charge is 2.02. The van der Waals surface area contributed by atoms with Crippen LogP contribution in [0.5, 0.6) is 0 Å². The van der Waals surface area contributed by atoms with Crippen molar-refractivity contribution in [1.82, 2.24) is 0 Å². The van der Waals surface area contributed by atoms with E-state index in [0.29, 0.717) is 0 Å². The van der Waals surface area contributed by atoms with E-state index in [0.717, 1.165) is 32.1 Å². The summed E-state index contributed by atoms with van der Waals surface area (Å²) in [6.07, 6.45) is 12.4. The van der Waals surface area contributed by atoms with Gasteiger partial charge in [0.15, 0.2) is 0 Å². The van der Waals surface area contributed by atoms with Crippen molar-refractivity contribution in [3.63, 3.8) is 0 Å². The second-order valence-corrected chi connectivity index (χ2v) is 5.34. The molecule has 17 heavy (non-hydrogen) atoms. The lowest BCUT2D eigenvalue weighted by Crippen LogP contribution is -2.05. The summed E-state index contributed by atoms with van der Waals surface area (Å²) in [5.74, 6) is 0. The van der Waals surface area contributed by atoms with Gasteiger partial charge in [-0.3, -0.25) is 0 Å². The lowest BCUT2D eigenvalue weighted by atomic mass is 10.0. The Balaban J connectivity index is 3.07. The molecule has 0 aliphatic heterocycles. The van der Waals surface area contributed by atoms with E-state index in [1.807, 2.05) is 6.92 Å². The van der Waals surface area contributed by atoms with Crippen LogP contribution >= 0.6 is 0 Å². The molecule has 0 fully saturated rings. The molecule has 2 atom stereocenters. The van der Waals surface area contributed by atoms with Crippen molar-refractivity contribution in [1.29, 1.82) is 0 Å². The van der Waals surface area contributed by atoms with Gasteiger partial charge in [-0.1, -0.05) is 58.3 Å².